The summed E-state index contributed by atoms with van der Waals surface area (Å²) >= 11 is 1.62. The molecule has 1 aromatic heterocycles. The highest BCUT2D eigenvalue weighted by Gasteiger charge is 2.40. The van der Waals surface area contributed by atoms with Crippen LogP contribution in [0.15, 0.2) is 41.6 Å². The average Bonchev–Trinajstić information content (AvgIpc) is 3.68. The van der Waals surface area contributed by atoms with Crippen molar-refractivity contribution in [3.63, 3.8) is 0 Å². The lowest BCUT2D eigenvalue weighted by Gasteiger charge is -2.30. The number of carbonyl (C=O) groups excluding carboxylic acids is 2. The lowest BCUT2D eigenvalue weighted by atomic mass is 9.91. The van der Waals surface area contributed by atoms with Gasteiger partial charge < -0.3 is 15.1 Å². The number of aromatic nitrogens is 1. The fourth-order valence-electron chi connectivity index (χ4n) is 4.38. The molecule has 0 bridgehead atoms. The maximum Gasteiger partial charge on any atom is 0.243 e. The first-order valence-electron chi connectivity index (χ1n) is 13.1. The highest BCUT2D eigenvalue weighted by molar-refractivity contribution is 7.13. The number of hydrogen-bond acceptors (Lipinski definition) is 6. The number of thiazole rings is 1. The lowest BCUT2D eigenvalue weighted by molar-refractivity contribution is -0.143. The van der Waals surface area contributed by atoms with Crippen molar-refractivity contribution in [1.29, 1.82) is 0 Å². The van der Waals surface area contributed by atoms with Gasteiger partial charge in [-0.05, 0) is 42.9 Å². The van der Waals surface area contributed by atoms with Crippen molar-refractivity contribution in [2.45, 2.75) is 73.9 Å². The molecule has 1 fully saturated rings. The van der Waals surface area contributed by atoms with Gasteiger partial charge in [0.05, 0.1) is 22.6 Å². The van der Waals surface area contributed by atoms with Gasteiger partial charge in [-0.25, -0.2) is 4.98 Å². The fourth-order valence-corrected chi connectivity index (χ4v) is 5.19. The zero-order valence-corrected chi connectivity index (χ0v) is 23.6. The van der Waals surface area contributed by atoms with Crippen molar-refractivity contribution in [2.24, 2.45) is 11.8 Å². The second-order valence-electron chi connectivity index (χ2n) is 8.65. The molecule has 7 nitrogen and oxygen atoms in total. The standard InChI is InChI=1S/C24H30N4O3S.2C2H6/c1-15(2)21(20-10-11-27-31-20)24(30)28-12-4-5-19(28)23(29)25-13-17-6-8-18(9-7-17)22-16(3)26-14-32-22;2*1-2/h6-10,14-15,19,21,27H,4-5,11-13H2,1-3H3,(H,25,29);2*1-2H3. The van der Waals surface area contributed by atoms with E-state index in [0.29, 0.717) is 31.8 Å². The third kappa shape index (κ3) is 7.17. The Morgan fingerprint density at radius 2 is 1.89 bits per heavy atom. The molecule has 2 atom stereocenters. The van der Waals surface area contributed by atoms with Gasteiger partial charge >= 0.3 is 0 Å². The molecule has 2 N–H and O–H groups in total. The van der Waals surface area contributed by atoms with Crippen molar-refractivity contribution >= 4 is 23.2 Å². The Kier molecular flexibility index (Phi) is 12.1. The topological polar surface area (TPSA) is 83.6 Å². The van der Waals surface area contributed by atoms with Crippen LogP contribution in [0, 0.1) is 18.8 Å². The third-order valence-electron chi connectivity index (χ3n) is 6.08. The number of likely N-dealkylation sites (tertiary alicyclic amines) is 1. The Morgan fingerprint density at radius 1 is 1.19 bits per heavy atom. The molecule has 2 aromatic rings. The second-order valence-corrected chi connectivity index (χ2v) is 9.50. The molecule has 1 aromatic carbocycles. The van der Waals surface area contributed by atoms with Crippen molar-refractivity contribution in [1.82, 2.24) is 20.7 Å². The third-order valence-corrected chi connectivity index (χ3v) is 7.06. The van der Waals surface area contributed by atoms with Gasteiger partial charge in [-0.15, -0.1) is 11.3 Å². The Morgan fingerprint density at radius 3 is 2.44 bits per heavy atom. The molecule has 3 heterocycles. The van der Waals surface area contributed by atoms with Gasteiger partial charge in [0.1, 0.15) is 17.7 Å². The van der Waals surface area contributed by atoms with E-state index in [-0.39, 0.29) is 23.7 Å². The molecule has 2 aliphatic rings. The van der Waals surface area contributed by atoms with E-state index in [1.54, 1.807) is 16.2 Å². The maximum absolute atomic E-state index is 13.3. The molecule has 0 radical (unpaired) electrons. The summed E-state index contributed by atoms with van der Waals surface area (Å²) in [6, 6.07) is 7.74. The van der Waals surface area contributed by atoms with Gasteiger partial charge in [0.2, 0.25) is 11.8 Å². The Hall–Kier alpha value is -2.71. The molecule has 0 saturated carbocycles. The van der Waals surface area contributed by atoms with Crippen LogP contribution in [0.5, 0.6) is 0 Å². The number of aryl methyl sites for hydroxylation is 1. The molecular formula is C28H42N4O3S. The molecule has 2 aliphatic heterocycles. The summed E-state index contributed by atoms with van der Waals surface area (Å²) in [6.45, 7) is 15.7. The van der Waals surface area contributed by atoms with Gasteiger partial charge in [0, 0.05) is 13.1 Å². The van der Waals surface area contributed by atoms with E-state index >= 15 is 0 Å². The van der Waals surface area contributed by atoms with Crippen LogP contribution in [0.2, 0.25) is 0 Å². The Bertz CT molecular complexity index is 1000. The normalized spacial score (nSPS) is 17.3. The van der Waals surface area contributed by atoms with Crippen LogP contribution in [0.1, 0.15) is 65.6 Å². The van der Waals surface area contributed by atoms with Crippen molar-refractivity contribution < 1.29 is 14.4 Å². The summed E-state index contributed by atoms with van der Waals surface area (Å²) in [5.41, 5.74) is 7.82. The number of nitrogens with zero attached hydrogens (tertiary/aromatic N) is 2. The number of amides is 2. The second kappa shape index (κ2) is 14.8. The maximum atomic E-state index is 13.3. The van der Waals surface area contributed by atoms with E-state index in [1.165, 1.54) is 0 Å². The van der Waals surface area contributed by atoms with Gasteiger partial charge in [0.15, 0.2) is 0 Å². The number of nitrogens with one attached hydrogen (secondary N) is 2. The van der Waals surface area contributed by atoms with Gasteiger partial charge in [-0.1, -0.05) is 65.8 Å². The minimum atomic E-state index is -0.433. The molecule has 2 unspecified atom stereocenters. The molecule has 4 rings (SSSR count). The summed E-state index contributed by atoms with van der Waals surface area (Å²) in [5, 5.41) is 3.03. The van der Waals surface area contributed by atoms with Crippen LogP contribution in [0.3, 0.4) is 0 Å². The molecule has 0 spiro atoms. The summed E-state index contributed by atoms with van der Waals surface area (Å²) in [6.07, 6.45) is 3.42. The highest BCUT2D eigenvalue weighted by Crippen LogP contribution is 2.30. The molecular weight excluding hydrogens is 472 g/mol. The molecule has 1 saturated heterocycles. The van der Waals surface area contributed by atoms with E-state index in [1.807, 2.05) is 72.2 Å². The van der Waals surface area contributed by atoms with Gasteiger partial charge in [0.25, 0.3) is 0 Å². The van der Waals surface area contributed by atoms with Crippen LogP contribution in [-0.4, -0.2) is 40.8 Å². The van der Waals surface area contributed by atoms with Crippen molar-refractivity contribution in [3.05, 3.63) is 52.9 Å². The van der Waals surface area contributed by atoms with Crippen LogP contribution in [0.4, 0.5) is 0 Å². The average molecular weight is 515 g/mol. The van der Waals surface area contributed by atoms with Crippen LogP contribution in [-0.2, 0) is 21.0 Å². The van der Waals surface area contributed by atoms with Crippen molar-refractivity contribution in [3.8, 4) is 10.4 Å². The quantitative estimate of drug-likeness (QED) is 0.512. The lowest BCUT2D eigenvalue weighted by Crippen LogP contribution is -2.48. The van der Waals surface area contributed by atoms with E-state index in [2.05, 4.69) is 27.9 Å². The molecule has 36 heavy (non-hydrogen) atoms. The zero-order chi connectivity index (χ0) is 26.7. The summed E-state index contributed by atoms with van der Waals surface area (Å²) in [7, 11) is 0. The predicted octanol–water partition coefficient (Wildman–Crippen LogP) is 5.47. The molecule has 0 aliphatic carbocycles. The van der Waals surface area contributed by atoms with Crippen LogP contribution < -0.4 is 10.8 Å². The summed E-state index contributed by atoms with van der Waals surface area (Å²) in [4.78, 5) is 39.0. The van der Waals surface area contributed by atoms with Crippen LogP contribution >= 0.6 is 11.3 Å². The number of carbonyl (C=O) groups is 2. The molecule has 2 amide bonds. The minimum Gasteiger partial charge on any atom is -0.412 e. The van der Waals surface area contributed by atoms with Crippen LogP contribution in [0.25, 0.3) is 10.4 Å². The van der Waals surface area contributed by atoms with E-state index in [9.17, 15) is 9.59 Å². The van der Waals surface area contributed by atoms with Gasteiger partial charge in [-0.3, -0.25) is 9.59 Å². The first-order valence-corrected chi connectivity index (χ1v) is 14.0. The summed E-state index contributed by atoms with van der Waals surface area (Å²) < 4.78 is 0. The van der Waals surface area contributed by atoms with E-state index < -0.39 is 6.04 Å². The number of hydrogen-bond donors (Lipinski definition) is 2. The monoisotopic (exact) mass is 514 g/mol. The molecule has 198 valence electrons. The number of hydroxylamine groups is 1. The number of benzene rings is 1. The first kappa shape index (κ1) is 29.5. The highest BCUT2D eigenvalue weighted by atomic mass is 32.1. The van der Waals surface area contributed by atoms with Gasteiger partial charge in [-0.2, -0.15) is 5.48 Å². The Labute approximate surface area is 220 Å². The first-order chi connectivity index (χ1) is 17.5. The number of rotatable bonds is 7. The minimum absolute atomic E-state index is 0.0307. The largest absolute Gasteiger partial charge is 0.412 e. The predicted molar refractivity (Wildman–Crippen MR) is 147 cm³/mol. The summed E-state index contributed by atoms with van der Waals surface area (Å²) in [5.74, 6) is 0.240. The van der Waals surface area contributed by atoms with Crippen molar-refractivity contribution in [2.75, 3.05) is 13.1 Å². The van der Waals surface area contributed by atoms with E-state index in [4.69, 9.17) is 4.84 Å². The zero-order valence-electron chi connectivity index (χ0n) is 22.8. The SMILES string of the molecule is CC.CC.Cc1ncsc1-c1ccc(CNC(=O)C2CCCN2C(=O)C(C2=CCNO2)C(C)C)cc1. The van der Waals surface area contributed by atoms with E-state index in [0.717, 1.165) is 28.1 Å². The molecule has 8 heteroatoms. The fraction of sp³-hybridized carbons (Fsp3) is 0.536. The Balaban J connectivity index is 0.00000109. The smallest absolute Gasteiger partial charge is 0.243 e.